The van der Waals surface area contributed by atoms with Gasteiger partial charge in [0.25, 0.3) is 0 Å². The third-order valence-corrected chi connectivity index (χ3v) is 8.15. The highest BCUT2D eigenvalue weighted by Gasteiger charge is 2.38. The first kappa shape index (κ1) is 46.6. The van der Waals surface area contributed by atoms with E-state index in [1.807, 2.05) is 26.2 Å². The molecular formula is C34H57ClN6O9S2. The third kappa shape index (κ3) is 18.4. The zero-order chi connectivity index (χ0) is 39.8. The Kier molecular flexibility index (Phi) is 19.6. The summed E-state index contributed by atoms with van der Waals surface area (Å²) in [4.78, 5) is 65.4. The first-order valence-electron chi connectivity index (χ1n) is 17.2. The topological polar surface area (TPSA) is 192 Å². The molecule has 0 radical (unpaired) electrons. The first-order chi connectivity index (χ1) is 24.1. The van der Waals surface area contributed by atoms with Crippen LogP contribution >= 0.6 is 35.2 Å². The van der Waals surface area contributed by atoms with Crippen molar-refractivity contribution < 1.29 is 42.9 Å². The number of hydrogen-bond acceptors (Lipinski definition) is 12. The van der Waals surface area contributed by atoms with Gasteiger partial charge >= 0.3 is 24.4 Å². The number of amides is 4. The minimum atomic E-state index is -0.616. The molecule has 1 unspecified atom stereocenters. The lowest BCUT2D eigenvalue weighted by Crippen LogP contribution is -2.58. The quantitative estimate of drug-likeness (QED) is 0.121. The van der Waals surface area contributed by atoms with Crippen molar-refractivity contribution in [2.24, 2.45) is 5.73 Å². The van der Waals surface area contributed by atoms with Gasteiger partial charge in [-0.05, 0) is 94.9 Å². The molecule has 2 aliphatic rings. The van der Waals surface area contributed by atoms with Crippen LogP contribution in [0.3, 0.4) is 0 Å². The number of hydrogen-bond donors (Lipinski definition) is 3. The van der Waals surface area contributed by atoms with Crippen LogP contribution in [0.5, 0.6) is 0 Å². The van der Waals surface area contributed by atoms with E-state index < -0.39 is 35.6 Å². The van der Waals surface area contributed by atoms with Gasteiger partial charge in [-0.2, -0.15) is 0 Å². The molecule has 0 aromatic carbocycles. The average molecular weight is 793 g/mol. The molecule has 2 saturated heterocycles. The maximum absolute atomic E-state index is 12.7. The van der Waals surface area contributed by atoms with E-state index in [1.165, 1.54) is 16.2 Å². The third-order valence-electron chi connectivity index (χ3n) is 6.88. The molecule has 15 nitrogen and oxygen atoms in total. The Labute approximate surface area is 321 Å². The number of aldehydes is 1. The van der Waals surface area contributed by atoms with Gasteiger partial charge in [0, 0.05) is 24.7 Å². The normalized spacial score (nSPS) is 20.2. The van der Waals surface area contributed by atoms with Crippen LogP contribution in [0, 0.1) is 0 Å². The number of carbonyl (C=O) groups excluding carboxylic acids is 5. The van der Waals surface area contributed by atoms with Gasteiger partial charge in [-0.3, -0.25) is 9.80 Å². The van der Waals surface area contributed by atoms with Gasteiger partial charge in [-0.25, -0.2) is 24.2 Å². The highest BCUT2D eigenvalue weighted by atomic mass is 35.5. The molecule has 4 amide bonds. The van der Waals surface area contributed by atoms with Crippen molar-refractivity contribution in [3.05, 3.63) is 16.6 Å². The van der Waals surface area contributed by atoms with Crippen LogP contribution in [0.2, 0.25) is 0 Å². The minimum absolute atomic E-state index is 0.111. The fourth-order valence-corrected chi connectivity index (χ4v) is 6.03. The molecular weight excluding hydrogens is 736 g/mol. The summed E-state index contributed by atoms with van der Waals surface area (Å²) in [6, 6.07) is -0.887. The van der Waals surface area contributed by atoms with Gasteiger partial charge in [-0.1, -0.05) is 12.2 Å². The number of thiazole rings is 1. The van der Waals surface area contributed by atoms with Crippen molar-refractivity contribution >= 4 is 70.8 Å². The number of piperidine rings is 2. The van der Waals surface area contributed by atoms with Gasteiger partial charge < -0.3 is 40.1 Å². The Balaban J connectivity index is 0.000000473. The van der Waals surface area contributed by atoms with E-state index in [2.05, 4.69) is 15.6 Å². The highest BCUT2D eigenvalue weighted by Crippen LogP contribution is 2.33. The molecule has 2 fully saturated rings. The van der Waals surface area contributed by atoms with Crippen molar-refractivity contribution in [2.45, 2.75) is 142 Å². The molecule has 0 bridgehead atoms. The molecule has 0 aliphatic carbocycles. The number of carbonyl (C=O) groups is 5. The summed E-state index contributed by atoms with van der Waals surface area (Å²) < 4.78 is 21.1. The van der Waals surface area contributed by atoms with Crippen molar-refractivity contribution in [1.82, 2.24) is 25.4 Å². The predicted octanol–water partition coefficient (Wildman–Crippen LogP) is 6.32. The number of nitrogens with one attached hydrogen (secondary N) is 2. The predicted molar refractivity (Wildman–Crippen MR) is 204 cm³/mol. The Hall–Kier alpha value is -3.44. The molecule has 3 heterocycles. The molecule has 18 heteroatoms. The zero-order valence-electron chi connectivity index (χ0n) is 31.9. The molecule has 4 N–H and O–H groups in total. The number of likely N-dealkylation sites (tertiary alicyclic amines) is 2. The maximum Gasteiger partial charge on any atom is 0.410 e. The van der Waals surface area contributed by atoms with Crippen LogP contribution in [-0.4, -0.2) is 111 Å². The largest absolute Gasteiger partial charge is 0.447 e. The number of ether oxygens (including phenoxy) is 4. The van der Waals surface area contributed by atoms with Gasteiger partial charge in [-0.15, -0.1) is 22.9 Å². The summed E-state index contributed by atoms with van der Waals surface area (Å²) in [7, 11) is 0. The number of nitrogens with two attached hydrogens (primary N) is 1. The highest BCUT2D eigenvalue weighted by molar-refractivity contribution is 7.80. The Bertz CT molecular complexity index is 1310. The maximum atomic E-state index is 12.7. The van der Waals surface area contributed by atoms with E-state index in [0.717, 1.165) is 11.4 Å². The molecule has 0 spiro atoms. The number of alkyl halides is 1. The number of halogens is 1. The average Bonchev–Trinajstić information content (AvgIpc) is 3.54. The summed E-state index contributed by atoms with van der Waals surface area (Å²) in [6.07, 6.45) is 2.83. The Morgan fingerprint density at radius 2 is 1.35 bits per heavy atom. The number of alkyl carbamates (subject to hydrolysis) is 2. The van der Waals surface area contributed by atoms with Gasteiger partial charge in [0.15, 0.2) is 0 Å². The number of nitrogens with zero attached hydrogens (tertiary/aromatic N) is 3. The Morgan fingerprint density at radius 3 is 1.73 bits per heavy atom. The van der Waals surface area contributed by atoms with E-state index >= 15 is 0 Å². The molecule has 2 aliphatic heterocycles. The van der Waals surface area contributed by atoms with E-state index in [-0.39, 0.29) is 53.8 Å². The Morgan fingerprint density at radius 1 is 0.904 bits per heavy atom. The SMILES string of the molecule is CC(C)OC(=O)N[C@@H]1CCC(C(N)=S)N(C(=O)OC(C)(C)C)C1.CC(C)OC(=O)N[C@@H]1CC[C@@H](c2nccs2)N(C(=O)OC(C)(C)C)C1.O=CCCl. The smallest absolute Gasteiger partial charge is 0.410 e. The monoisotopic (exact) mass is 792 g/mol. The molecule has 296 valence electrons. The summed E-state index contributed by atoms with van der Waals surface area (Å²) >= 11 is 11.4. The minimum Gasteiger partial charge on any atom is -0.447 e. The molecule has 4 atom stereocenters. The second-order valence-corrected chi connectivity index (χ2v) is 16.3. The van der Waals surface area contributed by atoms with Gasteiger partial charge in [0.1, 0.15) is 22.5 Å². The lowest BCUT2D eigenvalue weighted by Gasteiger charge is -2.39. The van der Waals surface area contributed by atoms with Crippen molar-refractivity contribution in [2.75, 3.05) is 19.0 Å². The molecule has 1 aromatic rings. The summed E-state index contributed by atoms with van der Waals surface area (Å²) in [5.74, 6) is 0.111. The van der Waals surface area contributed by atoms with Gasteiger partial charge in [0.05, 0.1) is 47.2 Å². The first-order valence-corrected chi connectivity index (χ1v) is 19.0. The van der Waals surface area contributed by atoms with E-state index in [4.69, 9.17) is 53.3 Å². The van der Waals surface area contributed by atoms with Crippen LogP contribution in [-0.2, 0) is 23.7 Å². The molecule has 1 aromatic heterocycles. The van der Waals surface area contributed by atoms with Crippen molar-refractivity contribution in [3.8, 4) is 0 Å². The second-order valence-electron chi connectivity index (χ2n) is 14.6. The van der Waals surface area contributed by atoms with Crippen molar-refractivity contribution in [3.63, 3.8) is 0 Å². The zero-order valence-corrected chi connectivity index (χ0v) is 34.3. The fraction of sp³-hybridized carbons (Fsp3) is 0.735. The summed E-state index contributed by atoms with van der Waals surface area (Å²) in [5.41, 5.74) is 4.54. The summed E-state index contributed by atoms with van der Waals surface area (Å²) in [6.45, 7) is 18.7. The summed E-state index contributed by atoms with van der Waals surface area (Å²) in [5, 5.41) is 8.38. The lowest BCUT2D eigenvalue weighted by molar-refractivity contribution is -0.105. The number of thiocarbonyl (C=S) groups is 1. The van der Waals surface area contributed by atoms with Crippen LogP contribution in [0.4, 0.5) is 19.2 Å². The molecule has 3 rings (SSSR count). The van der Waals surface area contributed by atoms with Crippen molar-refractivity contribution in [1.29, 1.82) is 0 Å². The number of rotatable bonds is 7. The lowest BCUT2D eigenvalue weighted by atomic mass is 9.98. The van der Waals surface area contributed by atoms with Gasteiger partial charge in [0.2, 0.25) is 0 Å². The van der Waals surface area contributed by atoms with Crippen LogP contribution < -0.4 is 16.4 Å². The van der Waals surface area contributed by atoms with Crippen LogP contribution in [0.25, 0.3) is 0 Å². The fourth-order valence-electron chi connectivity index (χ4n) is 5.00. The standard InChI is InChI=1S/C17H27N3O4S.C15H27N3O4S.C2H3ClO/c1-11(2)23-15(21)19-12-6-7-13(14-18-8-9-25-14)20(10-12)16(22)24-17(3,4)5;1-9(2)21-13(19)17-10-6-7-11(12(16)23)18(8-10)14(20)22-15(3,4)5;3-1-2-4/h8-9,11-13H,6-7,10H2,1-5H3,(H,19,21);9-11H,6-8H2,1-5H3,(H2,16,23)(H,17,19);2H,1H2/t12-,13+;10-,11?;/m11./s1. The van der Waals surface area contributed by atoms with E-state index in [0.29, 0.717) is 32.1 Å². The van der Waals surface area contributed by atoms with Crippen LogP contribution in [0.15, 0.2) is 11.6 Å². The molecule has 52 heavy (non-hydrogen) atoms. The second kappa shape index (κ2) is 21.9. The van der Waals surface area contributed by atoms with Crippen LogP contribution in [0.1, 0.15) is 106 Å². The number of aromatic nitrogens is 1. The molecule has 0 saturated carbocycles. The van der Waals surface area contributed by atoms with E-state index in [9.17, 15) is 19.2 Å². The van der Waals surface area contributed by atoms with E-state index in [1.54, 1.807) is 59.6 Å².